The third-order valence-corrected chi connectivity index (χ3v) is 3.27. The summed E-state index contributed by atoms with van der Waals surface area (Å²) in [6.07, 6.45) is 2.58. The third-order valence-electron chi connectivity index (χ3n) is 3.27. The maximum Gasteiger partial charge on any atom is 0.340 e. The van der Waals surface area contributed by atoms with E-state index < -0.39 is 5.97 Å². The standard InChI is InChI=1S/C12H13N3O3/c1-3-7-4-15-5-13-11-9(10(15)14-7)8(12(16)17)6(2)18-11/h5,7H,3-4H2,1-2H3,(H,16,17)/t7-/m0/s1. The topological polar surface area (TPSA) is 78.4 Å². The second kappa shape index (κ2) is 3.69. The molecule has 0 amide bonds. The van der Waals surface area contributed by atoms with E-state index in [9.17, 15) is 9.90 Å². The van der Waals surface area contributed by atoms with Gasteiger partial charge in [0.15, 0.2) is 0 Å². The Labute approximate surface area is 104 Å². The minimum absolute atomic E-state index is 0.169. The SMILES string of the molecule is CC[C@H]1CN2C=Nc3oc(C)c(C(=O)O)c3C2=N1. The minimum atomic E-state index is -1.00. The average molecular weight is 247 g/mol. The number of amidine groups is 1. The predicted molar refractivity (Wildman–Crippen MR) is 65.9 cm³/mol. The number of carbonyl (C=O) groups is 1. The quantitative estimate of drug-likeness (QED) is 0.864. The number of aromatic carboxylic acids is 1. The number of furan rings is 1. The number of rotatable bonds is 2. The van der Waals surface area contributed by atoms with Crippen molar-refractivity contribution in [3.63, 3.8) is 0 Å². The monoisotopic (exact) mass is 247 g/mol. The van der Waals surface area contributed by atoms with Gasteiger partial charge >= 0.3 is 5.97 Å². The van der Waals surface area contributed by atoms with Crippen molar-refractivity contribution in [2.75, 3.05) is 6.54 Å². The van der Waals surface area contributed by atoms with E-state index >= 15 is 0 Å². The molecule has 0 fully saturated rings. The Kier molecular flexibility index (Phi) is 2.26. The van der Waals surface area contributed by atoms with Gasteiger partial charge in [0.1, 0.15) is 23.5 Å². The predicted octanol–water partition coefficient (Wildman–Crippen LogP) is 1.80. The number of carboxylic acids is 1. The zero-order valence-corrected chi connectivity index (χ0v) is 10.2. The number of hydrogen-bond donors (Lipinski definition) is 1. The van der Waals surface area contributed by atoms with Crippen LogP contribution in [0, 0.1) is 6.92 Å². The van der Waals surface area contributed by atoms with Crippen LogP contribution in [0.5, 0.6) is 0 Å². The molecule has 0 bridgehead atoms. The maximum atomic E-state index is 11.3. The molecule has 94 valence electrons. The van der Waals surface area contributed by atoms with Crippen molar-refractivity contribution in [3.05, 3.63) is 16.9 Å². The summed E-state index contributed by atoms with van der Waals surface area (Å²) in [6, 6.07) is 0.189. The molecule has 18 heavy (non-hydrogen) atoms. The zero-order chi connectivity index (χ0) is 12.9. The lowest BCUT2D eigenvalue weighted by Crippen LogP contribution is -2.31. The Morgan fingerprint density at radius 2 is 2.44 bits per heavy atom. The van der Waals surface area contributed by atoms with Gasteiger partial charge in [-0.1, -0.05) is 6.92 Å². The molecule has 6 heteroatoms. The highest BCUT2D eigenvalue weighted by Gasteiger charge is 2.35. The zero-order valence-electron chi connectivity index (χ0n) is 10.2. The highest BCUT2D eigenvalue weighted by molar-refractivity contribution is 6.16. The number of aryl methyl sites for hydroxylation is 1. The molecule has 0 saturated carbocycles. The van der Waals surface area contributed by atoms with Crippen molar-refractivity contribution in [1.82, 2.24) is 4.90 Å². The van der Waals surface area contributed by atoms with Gasteiger partial charge in [0.2, 0.25) is 5.88 Å². The van der Waals surface area contributed by atoms with Crippen LogP contribution in [0.15, 0.2) is 14.4 Å². The molecule has 1 N–H and O–H groups in total. The van der Waals surface area contributed by atoms with E-state index in [1.165, 1.54) is 0 Å². The first-order valence-electron chi connectivity index (χ1n) is 5.87. The lowest BCUT2D eigenvalue weighted by atomic mass is 10.1. The summed E-state index contributed by atoms with van der Waals surface area (Å²) in [7, 11) is 0. The summed E-state index contributed by atoms with van der Waals surface area (Å²) in [5, 5.41) is 9.27. The van der Waals surface area contributed by atoms with Crippen LogP contribution in [0.4, 0.5) is 5.88 Å². The highest BCUT2D eigenvalue weighted by Crippen LogP contribution is 2.35. The van der Waals surface area contributed by atoms with Crippen LogP contribution in [-0.2, 0) is 0 Å². The van der Waals surface area contributed by atoms with Gasteiger partial charge in [-0.05, 0) is 13.3 Å². The molecule has 2 aliphatic heterocycles. The molecule has 0 saturated heterocycles. The highest BCUT2D eigenvalue weighted by atomic mass is 16.4. The molecule has 0 aliphatic carbocycles. The Hall–Kier alpha value is -2.11. The van der Waals surface area contributed by atoms with Crippen molar-refractivity contribution in [2.45, 2.75) is 26.3 Å². The Balaban J connectivity index is 2.19. The number of fused-ring (bicyclic) bond motifs is 3. The summed E-state index contributed by atoms with van der Waals surface area (Å²) in [5.74, 6) is 0.379. The molecule has 6 nitrogen and oxygen atoms in total. The van der Waals surface area contributed by atoms with Gasteiger partial charge in [0, 0.05) is 6.54 Å². The van der Waals surface area contributed by atoms with Crippen LogP contribution in [0.25, 0.3) is 0 Å². The summed E-state index contributed by atoms with van der Waals surface area (Å²) in [6.45, 7) is 4.44. The molecular formula is C12H13N3O3. The largest absolute Gasteiger partial charge is 0.478 e. The van der Waals surface area contributed by atoms with Gasteiger partial charge in [-0.25, -0.2) is 9.79 Å². The smallest absolute Gasteiger partial charge is 0.340 e. The molecule has 0 radical (unpaired) electrons. The molecule has 1 atom stereocenters. The van der Waals surface area contributed by atoms with E-state index in [4.69, 9.17) is 4.42 Å². The van der Waals surface area contributed by atoms with Gasteiger partial charge < -0.3 is 14.4 Å². The number of aliphatic imine (C=N–C) groups is 2. The van der Waals surface area contributed by atoms with E-state index in [-0.39, 0.29) is 11.6 Å². The number of carboxylic acid groups (broad SMARTS) is 1. The van der Waals surface area contributed by atoms with E-state index in [0.717, 1.165) is 13.0 Å². The van der Waals surface area contributed by atoms with Gasteiger partial charge in [-0.3, -0.25) is 4.99 Å². The van der Waals surface area contributed by atoms with E-state index in [1.54, 1.807) is 13.3 Å². The fraction of sp³-hybridized carbons (Fsp3) is 0.417. The average Bonchev–Trinajstić information content (AvgIpc) is 2.87. The Bertz CT molecular complexity index is 586. The summed E-state index contributed by atoms with van der Waals surface area (Å²) >= 11 is 0. The molecule has 1 aromatic rings. The maximum absolute atomic E-state index is 11.3. The van der Waals surface area contributed by atoms with E-state index in [1.807, 2.05) is 4.90 Å². The van der Waals surface area contributed by atoms with Crippen molar-refractivity contribution in [3.8, 4) is 0 Å². The second-order valence-electron chi connectivity index (χ2n) is 4.43. The van der Waals surface area contributed by atoms with Crippen molar-refractivity contribution >= 4 is 24.0 Å². The Morgan fingerprint density at radius 1 is 1.67 bits per heavy atom. The van der Waals surface area contributed by atoms with Gasteiger partial charge in [-0.2, -0.15) is 0 Å². The fourth-order valence-electron chi connectivity index (χ4n) is 2.34. The van der Waals surface area contributed by atoms with Crippen molar-refractivity contribution in [1.29, 1.82) is 0 Å². The molecular weight excluding hydrogens is 234 g/mol. The molecule has 0 unspecified atom stereocenters. The normalized spacial score (nSPS) is 20.7. The molecule has 0 spiro atoms. The van der Waals surface area contributed by atoms with Crippen LogP contribution < -0.4 is 0 Å². The molecule has 3 rings (SSSR count). The van der Waals surface area contributed by atoms with Crippen LogP contribution in [0.2, 0.25) is 0 Å². The third kappa shape index (κ3) is 1.38. The number of nitrogens with zero attached hydrogens (tertiary/aromatic N) is 3. The first-order valence-corrected chi connectivity index (χ1v) is 5.87. The van der Waals surface area contributed by atoms with Crippen molar-refractivity contribution < 1.29 is 14.3 Å². The second-order valence-corrected chi connectivity index (χ2v) is 4.43. The molecule has 3 heterocycles. The summed E-state index contributed by atoms with van der Waals surface area (Å²) in [5.41, 5.74) is 0.681. The molecule has 1 aromatic heterocycles. The van der Waals surface area contributed by atoms with Gasteiger partial charge in [0.25, 0.3) is 0 Å². The first kappa shape index (κ1) is 11.0. The fourth-order valence-corrected chi connectivity index (χ4v) is 2.34. The number of hydrogen-bond acceptors (Lipinski definition) is 5. The molecule has 0 aromatic carbocycles. The van der Waals surface area contributed by atoms with Crippen LogP contribution >= 0.6 is 0 Å². The lowest BCUT2D eigenvalue weighted by Gasteiger charge is -2.18. The van der Waals surface area contributed by atoms with E-state index in [0.29, 0.717) is 23.0 Å². The summed E-state index contributed by atoms with van der Waals surface area (Å²) < 4.78 is 5.39. The lowest BCUT2D eigenvalue weighted by molar-refractivity contribution is 0.0695. The van der Waals surface area contributed by atoms with Crippen molar-refractivity contribution in [2.24, 2.45) is 9.98 Å². The Morgan fingerprint density at radius 3 is 3.11 bits per heavy atom. The van der Waals surface area contributed by atoms with Gasteiger partial charge in [0.05, 0.1) is 11.6 Å². The van der Waals surface area contributed by atoms with Gasteiger partial charge in [-0.15, -0.1) is 0 Å². The molecule has 2 aliphatic rings. The van der Waals surface area contributed by atoms with E-state index in [2.05, 4.69) is 16.9 Å². The van der Waals surface area contributed by atoms with Crippen LogP contribution in [0.3, 0.4) is 0 Å². The minimum Gasteiger partial charge on any atom is -0.478 e. The van der Waals surface area contributed by atoms with Crippen LogP contribution in [-0.4, -0.2) is 40.7 Å². The summed E-state index contributed by atoms with van der Waals surface area (Å²) in [4.78, 5) is 21.9. The first-order chi connectivity index (χ1) is 8.61. The van der Waals surface area contributed by atoms with Crippen LogP contribution in [0.1, 0.15) is 35.0 Å².